The molecular weight excluding hydrogens is 1800 g/mol. The highest BCUT2D eigenvalue weighted by atomic mass is 35.5. The molecule has 4 aromatic heterocycles. The Morgan fingerprint density at radius 2 is 0.679 bits per heavy atom. The number of nitriles is 1. The van der Waals surface area contributed by atoms with Gasteiger partial charge in [0.2, 0.25) is 53.2 Å². The number of aromatic carboxylic acids is 1. The van der Waals surface area contributed by atoms with Crippen LogP contribution in [0, 0.1) is 58.7 Å². The fourth-order valence-corrected chi connectivity index (χ4v) is 17.0. The average molecular weight is 1910 g/mol. The third kappa shape index (κ3) is 28.0. The van der Waals surface area contributed by atoms with Crippen molar-refractivity contribution in [2.45, 2.75) is 177 Å². The second kappa shape index (κ2) is 46.2. The third-order valence-corrected chi connectivity index (χ3v) is 25.4. The summed E-state index contributed by atoms with van der Waals surface area (Å²) in [5, 5.41) is 53.3. The van der Waals surface area contributed by atoms with Crippen molar-refractivity contribution >= 4 is 191 Å². The van der Waals surface area contributed by atoms with E-state index in [2.05, 4.69) is 84.5 Å². The summed E-state index contributed by atoms with van der Waals surface area (Å²) in [7, 11) is 2.50. The molecule has 8 aliphatic rings. The number of hydrogen-bond acceptors (Lipinski definition) is 19. The minimum absolute atomic E-state index is 0. The normalized spacial score (nSPS) is 19.4. The van der Waals surface area contributed by atoms with E-state index in [0.29, 0.717) is 155 Å². The number of fused-ring (bicyclic) bond motifs is 4. The minimum atomic E-state index is -0.984. The Hall–Kier alpha value is -12.0. The predicted octanol–water partition coefficient (Wildman–Crippen LogP) is 7.61. The van der Waals surface area contributed by atoms with E-state index in [0.717, 1.165) is 72.9 Å². The maximum Gasteiger partial charge on any atom is 0.352 e. The van der Waals surface area contributed by atoms with Crippen molar-refractivity contribution in [2.75, 3.05) is 40.4 Å². The van der Waals surface area contributed by atoms with Crippen LogP contribution in [0.4, 0.5) is 0 Å². The van der Waals surface area contributed by atoms with Gasteiger partial charge in [-0.1, -0.05) is 146 Å². The molecule has 0 radical (unpaired) electrons. The number of para-hydroxylation sites is 4. The number of ether oxygens (including phenoxy) is 2. The molecule has 4 saturated heterocycles. The second-order valence-electron chi connectivity index (χ2n) is 34.1. The molecule has 8 fully saturated rings. The number of aromatic amines is 4. The highest BCUT2D eigenvalue weighted by Gasteiger charge is 2.41. The fraction of sp³-hybridized carbons (Fsp3) is 0.467. The number of methoxy groups -OCH3 is 2. The number of primary amides is 1. The quantitative estimate of drug-likeness (QED) is 0.0172. The molecule has 12 amide bonds. The topological polar surface area (TPSA) is 566 Å². The molecule has 36 nitrogen and oxygen atoms in total. The molecular formula is C90H107Cl5N18O18. The molecule has 4 aliphatic heterocycles. The average Bonchev–Trinajstić information content (AvgIpc) is 1.68. The molecule has 1 unspecified atom stereocenters. The van der Waals surface area contributed by atoms with E-state index >= 15 is 0 Å². The lowest BCUT2D eigenvalue weighted by molar-refractivity contribution is -0.146. The number of hydrogen-bond donors (Lipinski definition) is 18. The van der Waals surface area contributed by atoms with Crippen LogP contribution in [0.25, 0.3) is 43.6 Å². The second-order valence-corrected chi connectivity index (χ2v) is 35.8. The minimum Gasteiger partial charge on any atom is -0.477 e. The number of carboxylic acid groups (broad SMARTS) is 1. The molecule has 4 saturated carbocycles. The number of nitrogens with zero attached hydrogens (tertiary/aromatic N) is 1. The Labute approximate surface area is 778 Å². The first-order valence-electron chi connectivity index (χ1n) is 43.5. The summed E-state index contributed by atoms with van der Waals surface area (Å²) in [5.41, 5.74) is 15.0. The summed E-state index contributed by atoms with van der Waals surface area (Å²) in [6.45, 7) is 2.27. The number of benzene rings is 4. The van der Waals surface area contributed by atoms with E-state index in [1.54, 1.807) is 72.8 Å². The Bertz CT molecular complexity index is 5620. The standard InChI is InChI=1S/C23H27ClN4O5.C22H26ClN5O4.C22H24ClN5O3.C14H23N3O4.C9H6ClNO2.ClH/c1-33-23(32)18(11-14-7-8-25-20(14)29)28-21(30)16(9-12-5-6-12)27-22(31)17-10-13-3-2-4-15(24)19(13)26-17;23-14-3-1-2-12-9-17(26-18(12)14)22(32)28-16(8-11-4-5-11)21(31)27-15(19(24)29)10-13-6-7-25-20(13)30;23-16-3-1-2-13-10-18(27-19(13)16)22(31)28-17(8-12-4-5-12)21(30)26-15(11-24)9-14-6-7-25-20(14)29;1-21-14(20)11(7-9-4-5-16-12(9)18)17-13(19)10(15)6-8-2-3-8;10-6-3-1-2-5-4-7(9(12)13)11-8(5)6;/h2-4,10,12,14,16,18,26H,5-9,11H2,1H3,(H,25,29)(H,27,31)(H,28,30);1-3,9,11,13,15-16,26H,4-8,10H2,(H2,24,29)(H,25,30)(H,27,31)(H,28,32);1-3,10,12,14-15,17,27H,4-9H2,(H,25,29)(H,26,30)(H,28,31);8-11H,2-7,15H2,1H3,(H,16,18)(H,17,19);1-4,11H,(H,12,13);1H/t14-,16-,18-;13-,15-,16-;14-,15-,17-;9-,10-,11?;;/m0000../s1. The van der Waals surface area contributed by atoms with E-state index < -0.39 is 108 Å². The Morgan fingerprint density at radius 1 is 0.397 bits per heavy atom. The van der Waals surface area contributed by atoms with Gasteiger partial charge in [0.1, 0.15) is 65.1 Å². The van der Waals surface area contributed by atoms with Gasteiger partial charge in [0.15, 0.2) is 0 Å². The van der Waals surface area contributed by atoms with Crippen LogP contribution in [-0.4, -0.2) is 203 Å². The Morgan fingerprint density at radius 3 is 0.962 bits per heavy atom. The van der Waals surface area contributed by atoms with Crippen LogP contribution < -0.4 is 70.0 Å². The number of rotatable bonds is 34. The van der Waals surface area contributed by atoms with Crippen molar-refractivity contribution in [1.29, 1.82) is 5.26 Å². The van der Waals surface area contributed by atoms with Crippen LogP contribution in [0.2, 0.25) is 20.1 Å². The van der Waals surface area contributed by atoms with Gasteiger partial charge in [0.05, 0.1) is 68.5 Å². The lowest BCUT2D eigenvalue weighted by Crippen LogP contribution is -2.53. The molecule has 131 heavy (non-hydrogen) atoms. The number of esters is 2. The number of aromatic nitrogens is 4. The largest absolute Gasteiger partial charge is 0.477 e. The monoisotopic (exact) mass is 1900 g/mol. The SMILES string of the molecule is COC(=O)C(C[C@@H]1CCNC1=O)NC(=O)[C@@H](N)CC1CC1.COC(=O)[C@H](C[C@@H]1CCNC1=O)NC(=O)[C@H](CC1CC1)NC(=O)c1cc2cccc(Cl)c2[nH]1.Cl.N#C[C@H](C[C@@H]1CCNC1=O)NC(=O)[C@H](CC1CC1)NC(=O)c1cc2cccc(Cl)c2[nH]1.NC(=O)[C@H](C[C@@H]1CCNC1=O)NC(=O)[C@H](CC1CC1)NC(=O)c1cc2cccc(Cl)c2[nH]1.O=C(O)c1cc2cccc(Cl)c2[nH]1. The van der Waals surface area contributed by atoms with Gasteiger partial charge < -0.3 is 104 Å². The van der Waals surface area contributed by atoms with Crippen molar-refractivity contribution in [1.82, 2.24) is 78.4 Å². The first-order valence-corrected chi connectivity index (χ1v) is 45.0. The van der Waals surface area contributed by atoms with E-state index in [1.165, 1.54) is 14.2 Å². The van der Waals surface area contributed by atoms with Gasteiger partial charge in [-0.15, -0.1) is 12.4 Å². The van der Waals surface area contributed by atoms with Crippen molar-refractivity contribution in [3.05, 3.63) is 140 Å². The van der Waals surface area contributed by atoms with Gasteiger partial charge in [-0.2, -0.15) is 5.26 Å². The van der Waals surface area contributed by atoms with E-state index in [9.17, 15) is 77.2 Å². The molecule has 4 aromatic carbocycles. The molecule has 16 rings (SSSR count). The summed E-state index contributed by atoms with van der Waals surface area (Å²) in [6, 6.07) is 23.5. The third-order valence-electron chi connectivity index (χ3n) is 24.1. The number of carboxylic acids is 1. The van der Waals surface area contributed by atoms with E-state index in [-0.39, 0.29) is 103 Å². The van der Waals surface area contributed by atoms with Crippen molar-refractivity contribution in [2.24, 2.45) is 58.8 Å². The van der Waals surface area contributed by atoms with Crippen molar-refractivity contribution in [3.63, 3.8) is 0 Å². The number of H-pyrrole nitrogens is 4. The number of nitrogens with one attached hydrogen (secondary N) is 15. The van der Waals surface area contributed by atoms with Gasteiger partial charge in [-0.3, -0.25) is 57.5 Å². The summed E-state index contributed by atoms with van der Waals surface area (Å²) < 4.78 is 9.54. The van der Waals surface area contributed by atoms with Crippen LogP contribution in [0.3, 0.4) is 0 Å². The van der Waals surface area contributed by atoms with Crippen LogP contribution in [0.1, 0.15) is 170 Å². The van der Waals surface area contributed by atoms with Gasteiger partial charge in [-0.05, 0) is 149 Å². The number of nitrogens with two attached hydrogens (primary N) is 2. The highest BCUT2D eigenvalue weighted by molar-refractivity contribution is 6.36. The first-order chi connectivity index (χ1) is 62.3. The maximum atomic E-state index is 13.1. The lowest BCUT2D eigenvalue weighted by atomic mass is 9.97. The van der Waals surface area contributed by atoms with Crippen LogP contribution in [0.15, 0.2) is 97.1 Å². The summed E-state index contributed by atoms with van der Waals surface area (Å²) >= 11 is 24.4. The zero-order valence-electron chi connectivity index (χ0n) is 71.9. The molecule has 8 heterocycles. The summed E-state index contributed by atoms with van der Waals surface area (Å²) in [6.07, 6.45) is 13.6. The smallest absolute Gasteiger partial charge is 0.352 e. The van der Waals surface area contributed by atoms with Gasteiger partial charge in [0, 0.05) is 71.4 Å². The molecule has 41 heteroatoms. The molecule has 700 valence electrons. The number of halogens is 5. The fourth-order valence-electron chi connectivity index (χ4n) is 16.1. The number of carbonyl (C=O) groups excluding carboxylic acids is 14. The summed E-state index contributed by atoms with van der Waals surface area (Å²) in [5.74, 6) is -6.00. The van der Waals surface area contributed by atoms with Gasteiger partial charge >= 0.3 is 17.9 Å². The highest BCUT2D eigenvalue weighted by Crippen LogP contribution is 2.38. The number of amides is 12. The van der Waals surface area contributed by atoms with E-state index in [1.807, 2.05) is 24.3 Å². The van der Waals surface area contributed by atoms with Crippen LogP contribution in [-0.2, 0) is 62.2 Å². The predicted molar refractivity (Wildman–Crippen MR) is 488 cm³/mol. The zero-order chi connectivity index (χ0) is 93.1. The lowest BCUT2D eigenvalue weighted by Gasteiger charge is -2.23. The van der Waals surface area contributed by atoms with Gasteiger partial charge in [0.25, 0.3) is 17.7 Å². The molecule has 20 N–H and O–H groups in total. The zero-order valence-corrected chi connectivity index (χ0v) is 75.7. The van der Waals surface area contributed by atoms with Crippen molar-refractivity contribution < 1.29 is 86.5 Å². The van der Waals surface area contributed by atoms with Crippen molar-refractivity contribution in [3.8, 4) is 6.07 Å². The first kappa shape index (κ1) is 99.6. The summed E-state index contributed by atoms with van der Waals surface area (Å²) in [4.78, 5) is 195. The Balaban J connectivity index is 0.000000162. The molecule has 0 bridgehead atoms. The molecule has 0 spiro atoms. The number of carbonyl (C=O) groups is 15. The Kier molecular flexibility index (Phi) is 35.1. The van der Waals surface area contributed by atoms with Crippen LogP contribution >= 0.6 is 58.8 Å². The molecule has 8 aromatic rings. The van der Waals surface area contributed by atoms with E-state index in [4.69, 9.17) is 72.5 Å². The molecule has 4 aliphatic carbocycles. The van der Waals surface area contributed by atoms with Crippen LogP contribution in [0.5, 0.6) is 0 Å². The maximum absolute atomic E-state index is 13.1. The molecule has 12 atom stereocenters. The van der Waals surface area contributed by atoms with Gasteiger partial charge in [-0.25, -0.2) is 14.4 Å².